The van der Waals surface area contributed by atoms with Gasteiger partial charge in [-0.1, -0.05) is 49.4 Å². The van der Waals surface area contributed by atoms with Crippen molar-refractivity contribution in [2.24, 2.45) is 0 Å². The van der Waals surface area contributed by atoms with Gasteiger partial charge in [0.05, 0.1) is 18.6 Å². The van der Waals surface area contributed by atoms with Crippen LogP contribution in [0.1, 0.15) is 24.1 Å². The molecule has 2 heteroatoms. The summed E-state index contributed by atoms with van der Waals surface area (Å²) in [4.78, 5) is 0. The quantitative estimate of drug-likeness (QED) is 0.754. The van der Waals surface area contributed by atoms with Crippen molar-refractivity contribution in [2.75, 3.05) is 6.54 Å². The Balaban J connectivity index is 2.15. The number of furan rings is 1. The molecule has 0 bridgehead atoms. The van der Waals surface area contributed by atoms with E-state index in [0.717, 1.165) is 6.54 Å². The molecule has 3 rings (SSSR count). The Morgan fingerprint density at radius 3 is 2.68 bits per heavy atom. The molecule has 96 valence electrons. The van der Waals surface area contributed by atoms with E-state index in [4.69, 9.17) is 4.42 Å². The lowest BCUT2D eigenvalue weighted by Gasteiger charge is -2.19. The normalized spacial score (nSPS) is 12.7. The maximum Gasteiger partial charge on any atom is 0.0953 e. The highest BCUT2D eigenvalue weighted by molar-refractivity contribution is 5.86. The van der Waals surface area contributed by atoms with Gasteiger partial charge >= 0.3 is 0 Å². The first-order valence-corrected chi connectivity index (χ1v) is 6.63. The molecule has 1 N–H and O–H groups in total. The van der Waals surface area contributed by atoms with E-state index in [1.165, 1.54) is 21.9 Å². The van der Waals surface area contributed by atoms with E-state index in [1.54, 1.807) is 6.26 Å². The summed E-state index contributed by atoms with van der Waals surface area (Å²) in [6.07, 6.45) is 3.54. The van der Waals surface area contributed by atoms with Crippen molar-refractivity contribution in [2.45, 2.75) is 13.0 Å². The van der Waals surface area contributed by atoms with Crippen LogP contribution in [-0.2, 0) is 0 Å². The van der Waals surface area contributed by atoms with E-state index >= 15 is 0 Å². The summed E-state index contributed by atoms with van der Waals surface area (Å²) in [5.74, 6) is 0. The van der Waals surface area contributed by atoms with Crippen LogP contribution < -0.4 is 5.32 Å². The van der Waals surface area contributed by atoms with Gasteiger partial charge in [-0.15, -0.1) is 0 Å². The monoisotopic (exact) mass is 251 g/mol. The molecule has 2 nitrogen and oxygen atoms in total. The van der Waals surface area contributed by atoms with E-state index in [-0.39, 0.29) is 6.04 Å². The van der Waals surface area contributed by atoms with Crippen molar-refractivity contribution in [1.82, 2.24) is 5.32 Å². The van der Waals surface area contributed by atoms with Crippen LogP contribution in [0.25, 0.3) is 10.8 Å². The Morgan fingerprint density at radius 1 is 1.05 bits per heavy atom. The minimum atomic E-state index is 0.176. The highest BCUT2D eigenvalue weighted by atomic mass is 16.3. The molecule has 1 atom stereocenters. The number of rotatable bonds is 4. The fraction of sp³-hybridized carbons (Fsp3) is 0.176. The second-order valence-corrected chi connectivity index (χ2v) is 4.62. The molecule has 0 radical (unpaired) electrons. The van der Waals surface area contributed by atoms with Gasteiger partial charge < -0.3 is 9.73 Å². The molecule has 1 aromatic heterocycles. The van der Waals surface area contributed by atoms with Crippen molar-refractivity contribution < 1.29 is 4.42 Å². The van der Waals surface area contributed by atoms with Gasteiger partial charge in [0.2, 0.25) is 0 Å². The second kappa shape index (κ2) is 5.29. The average Bonchev–Trinajstić information content (AvgIpc) is 2.98. The fourth-order valence-electron chi connectivity index (χ4n) is 2.55. The van der Waals surface area contributed by atoms with Crippen LogP contribution in [-0.4, -0.2) is 6.54 Å². The molecule has 0 aliphatic rings. The lowest BCUT2D eigenvalue weighted by molar-refractivity contribution is 0.553. The van der Waals surface area contributed by atoms with Crippen molar-refractivity contribution in [3.8, 4) is 0 Å². The average molecular weight is 251 g/mol. The maximum atomic E-state index is 5.24. The highest BCUT2D eigenvalue weighted by Crippen LogP contribution is 2.29. The van der Waals surface area contributed by atoms with Gasteiger partial charge in [0.1, 0.15) is 0 Å². The molecule has 19 heavy (non-hydrogen) atoms. The number of nitrogens with one attached hydrogen (secondary N) is 1. The number of hydrogen-bond donors (Lipinski definition) is 1. The molecule has 0 saturated carbocycles. The predicted molar refractivity (Wildman–Crippen MR) is 78.2 cm³/mol. The predicted octanol–water partition coefficient (Wildman–Crippen LogP) is 4.13. The molecule has 0 saturated heterocycles. The second-order valence-electron chi connectivity index (χ2n) is 4.62. The fourth-order valence-corrected chi connectivity index (χ4v) is 2.55. The lowest BCUT2D eigenvalue weighted by atomic mass is 9.95. The van der Waals surface area contributed by atoms with Gasteiger partial charge in [-0.05, 0) is 28.9 Å². The molecule has 1 heterocycles. The first-order valence-electron chi connectivity index (χ1n) is 6.63. The van der Waals surface area contributed by atoms with Crippen LogP contribution in [0.5, 0.6) is 0 Å². The SMILES string of the molecule is CCNC(c1ccoc1)c1cccc2ccccc12. The highest BCUT2D eigenvalue weighted by Gasteiger charge is 2.16. The summed E-state index contributed by atoms with van der Waals surface area (Å²) in [5, 5.41) is 6.09. The van der Waals surface area contributed by atoms with Crippen LogP contribution in [0.2, 0.25) is 0 Å². The first kappa shape index (κ1) is 12.0. The van der Waals surface area contributed by atoms with Gasteiger partial charge in [0.25, 0.3) is 0 Å². The Labute approximate surface area is 113 Å². The minimum Gasteiger partial charge on any atom is -0.472 e. The summed E-state index contributed by atoms with van der Waals surface area (Å²) in [5.41, 5.74) is 2.46. The molecule has 0 spiro atoms. The molecule has 2 aromatic carbocycles. The zero-order valence-electron chi connectivity index (χ0n) is 11.0. The smallest absolute Gasteiger partial charge is 0.0953 e. The van der Waals surface area contributed by atoms with Crippen LogP contribution in [0.15, 0.2) is 65.5 Å². The van der Waals surface area contributed by atoms with Crippen LogP contribution in [0.4, 0.5) is 0 Å². The molecular formula is C17H17NO. The third kappa shape index (κ3) is 2.27. The van der Waals surface area contributed by atoms with E-state index in [1.807, 2.05) is 12.3 Å². The summed E-state index contributed by atoms with van der Waals surface area (Å²) in [6.45, 7) is 3.04. The van der Waals surface area contributed by atoms with E-state index < -0.39 is 0 Å². The topological polar surface area (TPSA) is 25.2 Å². The molecule has 1 unspecified atom stereocenters. The van der Waals surface area contributed by atoms with Crippen LogP contribution in [0.3, 0.4) is 0 Å². The van der Waals surface area contributed by atoms with E-state index in [9.17, 15) is 0 Å². The van der Waals surface area contributed by atoms with Gasteiger partial charge in [-0.3, -0.25) is 0 Å². The molecule has 0 amide bonds. The lowest BCUT2D eigenvalue weighted by Crippen LogP contribution is -2.21. The van der Waals surface area contributed by atoms with Crippen molar-refractivity contribution >= 4 is 10.8 Å². The van der Waals surface area contributed by atoms with Crippen molar-refractivity contribution in [1.29, 1.82) is 0 Å². The molecule has 3 aromatic rings. The molecule has 0 aliphatic heterocycles. The summed E-state index contributed by atoms with van der Waals surface area (Å²) < 4.78 is 5.24. The third-order valence-corrected chi connectivity index (χ3v) is 3.42. The Morgan fingerprint density at radius 2 is 1.89 bits per heavy atom. The Bertz CT molecular complexity index is 653. The first-order chi connectivity index (χ1) is 9.40. The van der Waals surface area contributed by atoms with Crippen molar-refractivity contribution in [3.05, 3.63) is 72.2 Å². The summed E-state index contributed by atoms with van der Waals surface area (Å²) in [6, 6.07) is 17.1. The molecule has 0 fully saturated rings. The van der Waals surface area contributed by atoms with Crippen LogP contribution >= 0.6 is 0 Å². The number of fused-ring (bicyclic) bond motifs is 1. The molecular weight excluding hydrogens is 234 g/mol. The Kier molecular flexibility index (Phi) is 3.34. The van der Waals surface area contributed by atoms with E-state index in [0.29, 0.717) is 0 Å². The zero-order chi connectivity index (χ0) is 13.1. The third-order valence-electron chi connectivity index (χ3n) is 3.42. The van der Waals surface area contributed by atoms with Gasteiger partial charge in [0, 0.05) is 5.56 Å². The van der Waals surface area contributed by atoms with Gasteiger partial charge in [-0.25, -0.2) is 0 Å². The maximum absolute atomic E-state index is 5.24. The summed E-state index contributed by atoms with van der Waals surface area (Å²) in [7, 11) is 0. The van der Waals surface area contributed by atoms with Crippen LogP contribution in [0, 0.1) is 0 Å². The van der Waals surface area contributed by atoms with Crippen molar-refractivity contribution in [3.63, 3.8) is 0 Å². The summed E-state index contributed by atoms with van der Waals surface area (Å²) >= 11 is 0. The molecule has 0 aliphatic carbocycles. The van der Waals surface area contributed by atoms with E-state index in [2.05, 4.69) is 54.7 Å². The minimum absolute atomic E-state index is 0.176. The number of hydrogen-bond acceptors (Lipinski definition) is 2. The Hall–Kier alpha value is -2.06. The largest absolute Gasteiger partial charge is 0.472 e. The van der Waals surface area contributed by atoms with Gasteiger partial charge in [-0.2, -0.15) is 0 Å². The standard InChI is InChI=1S/C17H17NO/c1-2-18-17(14-10-11-19-12-14)16-9-5-7-13-6-3-4-8-15(13)16/h3-12,17-18H,2H2,1H3. The number of benzene rings is 2. The zero-order valence-corrected chi connectivity index (χ0v) is 11.0. The van der Waals surface area contributed by atoms with Gasteiger partial charge in [0.15, 0.2) is 0 Å².